The van der Waals surface area contributed by atoms with Gasteiger partial charge in [0.15, 0.2) is 5.85 Å². The summed E-state index contributed by atoms with van der Waals surface area (Å²) in [5, 5.41) is 9.63. The van der Waals surface area contributed by atoms with E-state index in [2.05, 4.69) is 4.52 Å². The SMILES string of the molecule is O=P(OCC(F)(F)C(F)F)(c1ccccc1)C(O)C(Cl)(Cl)Cl. The Balaban J connectivity index is 3.17. The fourth-order valence-corrected chi connectivity index (χ4v) is 4.43. The molecule has 2 atom stereocenters. The van der Waals surface area contributed by atoms with Crippen LogP contribution in [0.1, 0.15) is 0 Å². The van der Waals surface area contributed by atoms with Crippen molar-refractivity contribution in [3.8, 4) is 0 Å². The van der Waals surface area contributed by atoms with Crippen LogP contribution >= 0.6 is 42.2 Å². The molecule has 0 aliphatic carbocycles. The van der Waals surface area contributed by atoms with Crippen molar-refractivity contribution in [3.63, 3.8) is 0 Å². The van der Waals surface area contributed by atoms with E-state index in [-0.39, 0.29) is 5.30 Å². The fraction of sp³-hybridized carbons (Fsp3) is 0.455. The molecule has 1 aromatic rings. The van der Waals surface area contributed by atoms with E-state index in [9.17, 15) is 27.2 Å². The molecule has 0 saturated heterocycles. The van der Waals surface area contributed by atoms with Gasteiger partial charge < -0.3 is 9.63 Å². The molecule has 0 bridgehead atoms. The number of halogens is 7. The van der Waals surface area contributed by atoms with Crippen LogP contribution in [0.3, 0.4) is 0 Å². The van der Waals surface area contributed by atoms with Crippen molar-refractivity contribution < 1.29 is 31.8 Å². The maximum Gasteiger partial charge on any atom is 0.330 e. The molecule has 1 rings (SSSR count). The summed E-state index contributed by atoms with van der Waals surface area (Å²) in [4.78, 5) is 0. The summed E-state index contributed by atoms with van der Waals surface area (Å²) in [5.41, 5.74) is 0. The van der Waals surface area contributed by atoms with Gasteiger partial charge in [-0.2, -0.15) is 8.78 Å². The zero-order chi connectivity index (χ0) is 17.2. The number of hydrogen-bond donors (Lipinski definition) is 1. The molecule has 0 fully saturated rings. The standard InChI is InChI=1S/C11H10Cl3F4O3P/c12-11(13,14)9(19)22(20,7-4-2-1-3-5-7)21-6-10(17,18)8(15)16/h1-5,8-9,19H,6H2. The highest BCUT2D eigenvalue weighted by atomic mass is 35.6. The molecule has 1 N–H and O–H groups in total. The summed E-state index contributed by atoms with van der Waals surface area (Å²) < 4.78 is 64.9. The first-order valence-electron chi connectivity index (χ1n) is 5.62. The van der Waals surface area contributed by atoms with Crippen LogP contribution in [0.25, 0.3) is 0 Å². The Hall–Kier alpha value is -0.0400. The maximum atomic E-state index is 13.0. The average Bonchev–Trinajstić information content (AvgIpc) is 2.44. The summed E-state index contributed by atoms with van der Waals surface area (Å²) in [5.74, 6) is -6.89. The number of aliphatic hydroxyl groups is 1. The van der Waals surface area contributed by atoms with E-state index < -0.39 is 36.0 Å². The number of aliphatic hydroxyl groups excluding tert-OH is 1. The van der Waals surface area contributed by atoms with Gasteiger partial charge in [0.05, 0.1) is 0 Å². The number of hydrogen-bond acceptors (Lipinski definition) is 3. The molecular weight excluding hydrogens is 393 g/mol. The largest absolute Gasteiger partial charge is 0.379 e. The first-order chi connectivity index (χ1) is 9.91. The van der Waals surface area contributed by atoms with Crippen molar-refractivity contribution in [1.82, 2.24) is 0 Å². The lowest BCUT2D eigenvalue weighted by atomic mass is 10.4. The Kier molecular flexibility index (Phi) is 6.58. The smallest absolute Gasteiger partial charge is 0.330 e. The quantitative estimate of drug-likeness (QED) is 0.440. The van der Waals surface area contributed by atoms with Crippen LogP contribution in [0, 0.1) is 0 Å². The first-order valence-corrected chi connectivity index (χ1v) is 8.44. The molecule has 0 heterocycles. The monoisotopic (exact) mass is 402 g/mol. The van der Waals surface area contributed by atoms with Crippen molar-refractivity contribution in [2.24, 2.45) is 0 Å². The minimum Gasteiger partial charge on any atom is -0.379 e. The highest BCUT2D eigenvalue weighted by molar-refractivity contribution is 7.67. The van der Waals surface area contributed by atoms with E-state index in [0.29, 0.717) is 0 Å². The topological polar surface area (TPSA) is 46.5 Å². The number of alkyl halides is 7. The highest BCUT2D eigenvalue weighted by Crippen LogP contribution is 2.57. The van der Waals surface area contributed by atoms with Crippen molar-refractivity contribution in [2.45, 2.75) is 22.0 Å². The zero-order valence-corrected chi connectivity index (χ0v) is 13.8. The lowest BCUT2D eigenvalue weighted by Crippen LogP contribution is -2.36. The van der Waals surface area contributed by atoms with Gasteiger partial charge in [-0.15, -0.1) is 0 Å². The lowest BCUT2D eigenvalue weighted by molar-refractivity contribution is -0.148. The van der Waals surface area contributed by atoms with Crippen molar-refractivity contribution in [1.29, 1.82) is 0 Å². The van der Waals surface area contributed by atoms with Gasteiger partial charge in [-0.1, -0.05) is 53.0 Å². The molecule has 2 unspecified atom stereocenters. The van der Waals surface area contributed by atoms with E-state index in [0.717, 1.165) is 0 Å². The second kappa shape index (κ2) is 7.24. The molecule has 0 spiro atoms. The zero-order valence-electron chi connectivity index (χ0n) is 10.6. The Morgan fingerprint density at radius 2 is 1.68 bits per heavy atom. The van der Waals surface area contributed by atoms with Crippen LogP contribution in [0.5, 0.6) is 0 Å². The Bertz CT molecular complexity index is 539. The molecule has 3 nitrogen and oxygen atoms in total. The molecule has 0 aliphatic heterocycles. The summed E-state index contributed by atoms with van der Waals surface area (Å²) in [6.45, 7) is -1.91. The van der Waals surface area contributed by atoms with Crippen LogP contribution < -0.4 is 5.30 Å². The van der Waals surface area contributed by atoms with Crippen molar-refractivity contribution >= 4 is 47.5 Å². The molecule has 11 heteroatoms. The van der Waals surface area contributed by atoms with Crippen LogP contribution in [-0.4, -0.2) is 33.7 Å². The van der Waals surface area contributed by atoms with E-state index >= 15 is 0 Å². The van der Waals surface area contributed by atoms with E-state index in [4.69, 9.17) is 34.8 Å². The van der Waals surface area contributed by atoms with Crippen molar-refractivity contribution in [3.05, 3.63) is 30.3 Å². The molecule has 0 aromatic heterocycles. The average molecular weight is 404 g/mol. The van der Waals surface area contributed by atoms with Gasteiger partial charge >= 0.3 is 12.3 Å². The third-order valence-electron chi connectivity index (χ3n) is 2.50. The van der Waals surface area contributed by atoms with Crippen LogP contribution in [-0.2, 0) is 9.09 Å². The number of rotatable bonds is 6. The second-order valence-corrected chi connectivity index (χ2v) is 9.01. The maximum absolute atomic E-state index is 13.0. The molecule has 0 radical (unpaired) electrons. The molecule has 1 aromatic carbocycles. The molecule has 0 amide bonds. The third kappa shape index (κ3) is 4.73. The molecule has 22 heavy (non-hydrogen) atoms. The van der Waals surface area contributed by atoms with Gasteiger partial charge in [0.25, 0.3) is 7.37 Å². The first kappa shape index (κ1) is 20.0. The van der Waals surface area contributed by atoms with E-state index in [1.807, 2.05) is 0 Å². The third-order valence-corrected chi connectivity index (χ3v) is 6.14. The van der Waals surface area contributed by atoms with E-state index in [1.165, 1.54) is 30.3 Å². The fourth-order valence-electron chi connectivity index (χ4n) is 1.36. The predicted octanol–water partition coefficient (Wildman–Crippen LogP) is 4.20. The second-order valence-electron chi connectivity index (χ2n) is 4.18. The minimum absolute atomic E-state index is 0.251. The van der Waals surface area contributed by atoms with Crippen LogP contribution in [0.4, 0.5) is 17.6 Å². The van der Waals surface area contributed by atoms with Crippen LogP contribution in [0.2, 0.25) is 0 Å². The Labute approximate surface area is 138 Å². The van der Waals surface area contributed by atoms with Gasteiger partial charge in [-0.3, -0.25) is 4.57 Å². The molecule has 126 valence electrons. The van der Waals surface area contributed by atoms with Gasteiger partial charge in [-0.25, -0.2) is 8.78 Å². The normalized spacial score (nSPS) is 17.3. The molecule has 0 saturated carbocycles. The van der Waals surface area contributed by atoms with E-state index in [1.54, 1.807) is 0 Å². The van der Waals surface area contributed by atoms with Gasteiger partial charge in [0.1, 0.15) is 6.61 Å². The summed E-state index contributed by atoms with van der Waals surface area (Å²) in [6.07, 6.45) is -4.04. The summed E-state index contributed by atoms with van der Waals surface area (Å²) >= 11 is 16.3. The Morgan fingerprint density at radius 1 is 1.18 bits per heavy atom. The molecule has 0 aliphatic rings. The van der Waals surface area contributed by atoms with Crippen LogP contribution in [0.15, 0.2) is 30.3 Å². The minimum atomic E-state index is -4.57. The van der Waals surface area contributed by atoms with Gasteiger partial charge in [-0.05, 0) is 12.1 Å². The summed E-state index contributed by atoms with van der Waals surface area (Å²) in [6, 6.07) is 6.56. The van der Waals surface area contributed by atoms with Gasteiger partial charge in [0, 0.05) is 5.30 Å². The molecular formula is C11H10Cl3F4O3P. The Morgan fingerprint density at radius 3 is 2.09 bits per heavy atom. The summed E-state index contributed by atoms with van der Waals surface area (Å²) in [7, 11) is -4.57. The lowest BCUT2D eigenvalue weighted by Gasteiger charge is -2.29. The predicted molar refractivity (Wildman–Crippen MR) is 76.9 cm³/mol. The number of benzene rings is 1. The highest BCUT2D eigenvalue weighted by Gasteiger charge is 2.50. The van der Waals surface area contributed by atoms with Crippen molar-refractivity contribution in [2.75, 3.05) is 6.61 Å². The van der Waals surface area contributed by atoms with Gasteiger partial charge in [0.2, 0.25) is 3.79 Å².